The number of guanidine groups is 1. The average molecular weight is 377 g/mol. The molecule has 2 rings (SSSR count). The fourth-order valence-corrected chi connectivity index (χ4v) is 2.98. The van der Waals surface area contributed by atoms with E-state index < -0.39 is 0 Å². The predicted molar refractivity (Wildman–Crippen MR) is 110 cm³/mol. The Bertz CT molecular complexity index is 556. The molecule has 1 fully saturated rings. The molecule has 152 valence electrons. The van der Waals surface area contributed by atoms with Crippen LogP contribution < -0.4 is 15.4 Å². The van der Waals surface area contributed by atoms with Gasteiger partial charge in [0.2, 0.25) is 5.88 Å². The molecule has 0 radical (unpaired) electrons. The van der Waals surface area contributed by atoms with Crippen molar-refractivity contribution in [1.82, 2.24) is 15.6 Å². The highest BCUT2D eigenvalue weighted by Gasteiger charge is 2.22. The molecule has 3 N–H and O–H groups in total. The first-order chi connectivity index (χ1) is 13.1. The third kappa shape index (κ3) is 9.09. The second kappa shape index (κ2) is 11.8. The van der Waals surface area contributed by atoms with E-state index in [1.807, 2.05) is 18.3 Å². The summed E-state index contributed by atoms with van der Waals surface area (Å²) in [5.41, 5.74) is 1.06. The molecule has 27 heavy (non-hydrogen) atoms. The molecule has 1 saturated carbocycles. The van der Waals surface area contributed by atoms with Crippen molar-refractivity contribution in [2.75, 3.05) is 26.3 Å². The summed E-state index contributed by atoms with van der Waals surface area (Å²) in [5.74, 6) is 3.30. The Balaban J connectivity index is 1.83. The van der Waals surface area contributed by atoms with Crippen molar-refractivity contribution in [3.05, 3.63) is 23.9 Å². The van der Waals surface area contributed by atoms with E-state index in [0.717, 1.165) is 50.0 Å². The molecule has 6 nitrogen and oxygen atoms in total. The standard InChI is InChI=1S/C21H36N4O2/c1-4-22-21(24-12-18(9-10-26)11-16(2)3)25-14-19-7-8-20(23-13-19)27-15-17-5-6-17/h7-8,13,16-18,26H,4-6,9-12,14-15H2,1-3H3,(H2,22,24,25). The molecule has 1 atom stereocenters. The van der Waals surface area contributed by atoms with Gasteiger partial charge in [0, 0.05) is 32.0 Å². The van der Waals surface area contributed by atoms with E-state index >= 15 is 0 Å². The van der Waals surface area contributed by atoms with Crippen LogP contribution in [-0.4, -0.2) is 42.4 Å². The van der Waals surface area contributed by atoms with Gasteiger partial charge in [-0.05, 0) is 55.9 Å². The summed E-state index contributed by atoms with van der Waals surface area (Å²) in [4.78, 5) is 9.03. The van der Waals surface area contributed by atoms with Gasteiger partial charge in [0.15, 0.2) is 5.96 Å². The molecule has 1 heterocycles. The SMILES string of the molecule is CCNC(=NCc1ccc(OCC2CC2)nc1)NCC(CCO)CC(C)C. The maximum atomic E-state index is 9.27. The first-order valence-electron chi connectivity index (χ1n) is 10.3. The van der Waals surface area contributed by atoms with Crippen LogP contribution in [0.3, 0.4) is 0 Å². The summed E-state index contributed by atoms with van der Waals surface area (Å²) in [5, 5.41) is 16.0. The van der Waals surface area contributed by atoms with E-state index in [4.69, 9.17) is 4.74 Å². The maximum Gasteiger partial charge on any atom is 0.213 e. The van der Waals surface area contributed by atoms with E-state index in [2.05, 4.69) is 41.4 Å². The summed E-state index contributed by atoms with van der Waals surface area (Å²) in [6, 6.07) is 3.95. The zero-order valence-electron chi connectivity index (χ0n) is 17.1. The lowest BCUT2D eigenvalue weighted by Crippen LogP contribution is -2.40. The van der Waals surface area contributed by atoms with Crippen molar-refractivity contribution in [2.45, 2.75) is 53.0 Å². The minimum Gasteiger partial charge on any atom is -0.477 e. The molecule has 1 aliphatic rings. The number of nitrogens with zero attached hydrogens (tertiary/aromatic N) is 2. The molecular weight excluding hydrogens is 340 g/mol. The number of hydrogen-bond acceptors (Lipinski definition) is 4. The van der Waals surface area contributed by atoms with E-state index in [1.165, 1.54) is 12.8 Å². The van der Waals surface area contributed by atoms with Gasteiger partial charge in [-0.2, -0.15) is 0 Å². The van der Waals surface area contributed by atoms with Crippen LogP contribution in [0.4, 0.5) is 0 Å². The minimum absolute atomic E-state index is 0.230. The lowest BCUT2D eigenvalue weighted by molar-refractivity contribution is 0.243. The van der Waals surface area contributed by atoms with Crippen molar-refractivity contribution in [3.8, 4) is 5.88 Å². The van der Waals surface area contributed by atoms with Crippen LogP contribution in [0.5, 0.6) is 5.88 Å². The fraction of sp³-hybridized carbons (Fsp3) is 0.714. The second-order valence-electron chi connectivity index (χ2n) is 7.84. The summed E-state index contributed by atoms with van der Waals surface area (Å²) in [6.07, 6.45) is 6.31. The third-order valence-electron chi connectivity index (χ3n) is 4.63. The molecule has 0 saturated heterocycles. The van der Waals surface area contributed by atoms with Gasteiger partial charge in [0.05, 0.1) is 13.2 Å². The average Bonchev–Trinajstić information content (AvgIpc) is 3.47. The maximum absolute atomic E-state index is 9.27. The topological polar surface area (TPSA) is 78.8 Å². The lowest BCUT2D eigenvalue weighted by atomic mass is 9.94. The first kappa shape index (κ1) is 21.5. The Morgan fingerprint density at radius 2 is 2.15 bits per heavy atom. The van der Waals surface area contributed by atoms with Gasteiger partial charge >= 0.3 is 0 Å². The molecule has 1 aromatic heterocycles. The second-order valence-corrected chi connectivity index (χ2v) is 7.84. The molecular formula is C21H36N4O2. The van der Waals surface area contributed by atoms with Gasteiger partial charge < -0.3 is 20.5 Å². The van der Waals surface area contributed by atoms with Crippen LogP contribution in [0.2, 0.25) is 0 Å². The van der Waals surface area contributed by atoms with Crippen LogP contribution >= 0.6 is 0 Å². The van der Waals surface area contributed by atoms with E-state index in [9.17, 15) is 5.11 Å². The number of aliphatic imine (C=N–C) groups is 1. The summed E-state index contributed by atoms with van der Waals surface area (Å²) in [7, 11) is 0. The van der Waals surface area contributed by atoms with Crippen molar-refractivity contribution in [2.24, 2.45) is 22.7 Å². The van der Waals surface area contributed by atoms with Crippen molar-refractivity contribution >= 4 is 5.96 Å². The number of aliphatic hydroxyl groups is 1. The van der Waals surface area contributed by atoms with Gasteiger partial charge in [-0.15, -0.1) is 0 Å². The number of rotatable bonds is 12. The quantitative estimate of drug-likeness (QED) is 0.386. The van der Waals surface area contributed by atoms with Crippen LogP contribution in [0, 0.1) is 17.8 Å². The molecule has 0 amide bonds. The van der Waals surface area contributed by atoms with E-state index in [-0.39, 0.29) is 6.61 Å². The van der Waals surface area contributed by atoms with Crippen molar-refractivity contribution < 1.29 is 9.84 Å². The normalized spacial score (nSPS) is 15.7. The van der Waals surface area contributed by atoms with Crippen molar-refractivity contribution in [3.63, 3.8) is 0 Å². The Labute approximate surface area is 163 Å². The Hall–Kier alpha value is -1.82. The first-order valence-corrected chi connectivity index (χ1v) is 10.3. The molecule has 0 aromatic carbocycles. The predicted octanol–water partition coefficient (Wildman–Crippen LogP) is 2.97. The zero-order chi connectivity index (χ0) is 19.5. The van der Waals surface area contributed by atoms with Gasteiger partial charge in [0.1, 0.15) is 0 Å². The number of aromatic nitrogens is 1. The number of ether oxygens (including phenoxy) is 1. The largest absolute Gasteiger partial charge is 0.477 e. The monoisotopic (exact) mass is 376 g/mol. The molecule has 1 aliphatic carbocycles. The molecule has 0 bridgehead atoms. The van der Waals surface area contributed by atoms with Gasteiger partial charge in [-0.25, -0.2) is 9.98 Å². The van der Waals surface area contributed by atoms with Crippen LogP contribution in [-0.2, 0) is 6.54 Å². The van der Waals surface area contributed by atoms with Gasteiger partial charge in [0.25, 0.3) is 0 Å². The number of pyridine rings is 1. The number of aliphatic hydroxyl groups excluding tert-OH is 1. The highest BCUT2D eigenvalue weighted by atomic mass is 16.5. The van der Waals surface area contributed by atoms with E-state index in [1.54, 1.807) is 0 Å². The Morgan fingerprint density at radius 3 is 2.74 bits per heavy atom. The number of nitrogens with one attached hydrogen (secondary N) is 2. The summed E-state index contributed by atoms with van der Waals surface area (Å²) < 4.78 is 5.68. The molecule has 1 unspecified atom stereocenters. The Morgan fingerprint density at radius 1 is 1.33 bits per heavy atom. The third-order valence-corrected chi connectivity index (χ3v) is 4.63. The fourth-order valence-electron chi connectivity index (χ4n) is 2.98. The van der Waals surface area contributed by atoms with Crippen LogP contribution in [0.1, 0.15) is 52.0 Å². The minimum atomic E-state index is 0.230. The van der Waals surface area contributed by atoms with Crippen LogP contribution in [0.25, 0.3) is 0 Å². The summed E-state index contributed by atoms with van der Waals surface area (Å²) >= 11 is 0. The molecule has 0 spiro atoms. The van der Waals surface area contributed by atoms with Gasteiger partial charge in [-0.1, -0.05) is 19.9 Å². The molecule has 6 heteroatoms. The van der Waals surface area contributed by atoms with Gasteiger partial charge in [-0.3, -0.25) is 0 Å². The van der Waals surface area contributed by atoms with E-state index in [0.29, 0.717) is 24.3 Å². The zero-order valence-corrected chi connectivity index (χ0v) is 17.1. The lowest BCUT2D eigenvalue weighted by Gasteiger charge is -2.20. The Kier molecular flexibility index (Phi) is 9.39. The highest BCUT2D eigenvalue weighted by molar-refractivity contribution is 5.79. The smallest absolute Gasteiger partial charge is 0.213 e. The highest BCUT2D eigenvalue weighted by Crippen LogP contribution is 2.29. The van der Waals surface area contributed by atoms with Crippen LogP contribution in [0.15, 0.2) is 23.3 Å². The number of hydrogen-bond donors (Lipinski definition) is 3. The van der Waals surface area contributed by atoms with Crippen molar-refractivity contribution in [1.29, 1.82) is 0 Å². The molecule has 0 aliphatic heterocycles. The summed E-state index contributed by atoms with van der Waals surface area (Å²) in [6.45, 7) is 9.70. The molecule has 1 aromatic rings.